The third-order valence-corrected chi connectivity index (χ3v) is 5.02. The van der Waals surface area contributed by atoms with E-state index >= 15 is 0 Å². The van der Waals surface area contributed by atoms with Crippen LogP contribution in [0.4, 0.5) is 0 Å². The van der Waals surface area contributed by atoms with Crippen LogP contribution in [-0.2, 0) is 5.75 Å². The molecule has 0 aliphatic rings. The van der Waals surface area contributed by atoms with E-state index in [4.69, 9.17) is 5.11 Å². The van der Waals surface area contributed by atoms with Crippen LogP contribution in [0.25, 0.3) is 0 Å². The fraction of sp³-hybridized carbons (Fsp3) is 0.200. The zero-order valence-electron chi connectivity index (χ0n) is 8.47. The van der Waals surface area contributed by atoms with Crippen LogP contribution in [-0.4, -0.2) is 16.1 Å². The summed E-state index contributed by atoms with van der Waals surface area (Å²) in [6.45, 7) is 1.98. The highest BCUT2D eigenvalue weighted by molar-refractivity contribution is 7.98. The first-order valence-corrected chi connectivity index (χ1v) is 7.19. The number of rotatable bonds is 4. The second-order valence-corrected chi connectivity index (χ2v) is 6.37. The Balaban J connectivity index is 1.97. The Hall–Kier alpha value is -0.850. The summed E-state index contributed by atoms with van der Waals surface area (Å²) in [6, 6.07) is 1.71. The highest BCUT2D eigenvalue weighted by atomic mass is 32.2. The van der Waals surface area contributed by atoms with Gasteiger partial charge in [0, 0.05) is 27.1 Å². The van der Waals surface area contributed by atoms with E-state index in [9.17, 15) is 4.79 Å². The third kappa shape index (κ3) is 2.84. The van der Waals surface area contributed by atoms with Gasteiger partial charge in [-0.1, -0.05) is 0 Å². The van der Waals surface area contributed by atoms with Crippen molar-refractivity contribution >= 4 is 40.4 Å². The highest BCUT2D eigenvalue weighted by Gasteiger charge is 2.07. The van der Waals surface area contributed by atoms with Gasteiger partial charge in [0.15, 0.2) is 0 Å². The Bertz CT molecular complexity index is 504. The van der Waals surface area contributed by atoms with E-state index in [2.05, 4.69) is 4.98 Å². The molecule has 0 aliphatic heterocycles. The third-order valence-electron chi connectivity index (χ3n) is 1.84. The summed E-state index contributed by atoms with van der Waals surface area (Å²) >= 11 is 4.58. The summed E-state index contributed by atoms with van der Waals surface area (Å²) in [4.78, 5) is 17.5. The van der Waals surface area contributed by atoms with Gasteiger partial charge in [0.1, 0.15) is 4.88 Å². The van der Waals surface area contributed by atoms with Crippen LogP contribution in [0.1, 0.15) is 19.6 Å². The lowest BCUT2D eigenvalue weighted by Gasteiger charge is -1.93. The van der Waals surface area contributed by atoms with Crippen LogP contribution < -0.4 is 0 Å². The quantitative estimate of drug-likeness (QED) is 0.865. The molecule has 6 heteroatoms. The monoisotopic (exact) mass is 271 g/mol. The fourth-order valence-electron chi connectivity index (χ4n) is 1.13. The molecule has 3 nitrogen and oxygen atoms in total. The average Bonchev–Trinajstić information content (AvgIpc) is 2.83. The number of thiazole rings is 1. The highest BCUT2D eigenvalue weighted by Crippen LogP contribution is 2.29. The summed E-state index contributed by atoms with van der Waals surface area (Å²) in [5.74, 6) is -0.00752. The van der Waals surface area contributed by atoms with Crippen molar-refractivity contribution in [2.24, 2.45) is 0 Å². The van der Waals surface area contributed by atoms with E-state index < -0.39 is 5.97 Å². The summed E-state index contributed by atoms with van der Waals surface area (Å²) in [5, 5.41) is 11.7. The number of carboxylic acids is 1. The van der Waals surface area contributed by atoms with Crippen LogP contribution in [0.2, 0.25) is 0 Å². The molecule has 1 N–H and O–H groups in total. The topological polar surface area (TPSA) is 50.2 Å². The molecule has 0 saturated heterocycles. The maximum absolute atomic E-state index is 10.7. The Kier molecular flexibility index (Phi) is 3.63. The number of carbonyl (C=O) groups is 1. The molecular formula is C10H9NO2S3. The van der Waals surface area contributed by atoms with Crippen LogP contribution in [0.15, 0.2) is 22.5 Å². The van der Waals surface area contributed by atoms with Crippen LogP contribution >= 0.6 is 34.4 Å². The Morgan fingerprint density at radius 2 is 2.44 bits per heavy atom. The van der Waals surface area contributed by atoms with E-state index in [0.29, 0.717) is 4.88 Å². The van der Waals surface area contributed by atoms with Crippen molar-refractivity contribution in [2.75, 3.05) is 0 Å². The largest absolute Gasteiger partial charge is 0.477 e. The maximum atomic E-state index is 10.7. The molecule has 2 aromatic heterocycles. The van der Waals surface area contributed by atoms with Crippen molar-refractivity contribution in [1.82, 2.24) is 4.98 Å². The number of nitrogens with zero attached hydrogens (tertiary/aromatic N) is 1. The van der Waals surface area contributed by atoms with Gasteiger partial charge < -0.3 is 5.11 Å². The Morgan fingerprint density at radius 1 is 1.62 bits per heavy atom. The Labute approximate surface area is 105 Å². The second-order valence-electron chi connectivity index (χ2n) is 3.09. The zero-order valence-corrected chi connectivity index (χ0v) is 10.9. The molecule has 0 saturated carbocycles. The number of carboxylic acid groups (broad SMARTS) is 1. The number of aryl methyl sites for hydroxylation is 1. The summed E-state index contributed by atoms with van der Waals surface area (Å²) in [6.07, 6.45) is 1.87. The lowest BCUT2D eigenvalue weighted by Crippen LogP contribution is -1.89. The molecule has 0 fully saturated rings. The number of hydrogen-bond acceptors (Lipinski definition) is 5. The van der Waals surface area contributed by atoms with Crippen molar-refractivity contribution in [3.63, 3.8) is 0 Å². The number of aromatic carboxylic acids is 1. The molecule has 0 unspecified atom stereocenters. The van der Waals surface area contributed by atoms with Crippen molar-refractivity contribution in [2.45, 2.75) is 17.6 Å². The molecule has 0 bridgehead atoms. The van der Waals surface area contributed by atoms with Gasteiger partial charge in [-0.3, -0.25) is 0 Å². The first-order valence-electron chi connectivity index (χ1n) is 4.51. The predicted molar refractivity (Wildman–Crippen MR) is 67.7 cm³/mol. The van der Waals surface area contributed by atoms with Gasteiger partial charge in [-0.25, -0.2) is 9.78 Å². The van der Waals surface area contributed by atoms with Gasteiger partial charge in [0.05, 0.1) is 5.01 Å². The lowest BCUT2D eigenvalue weighted by atomic mass is 10.5. The van der Waals surface area contributed by atoms with Gasteiger partial charge in [-0.2, -0.15) is 0 Å². The Morgan fingerprint density at radius 3 is 3.00 bits per heavy atom. The summed E-state index contributed by atoms with van der Waals surface area (Å²) < 4.78 is 0. The minimum atomic E-state index is -0.856. The molecule has 84 valence electrons. The summed E-state index contributed by atoms with van der Waals surface area (Å²) in [5.41, 5.74) is 0. The molecule has 0 atom stereocenters. The van der Waals surface area contributed by atoms with E-state index in [1.54, 1.807) is 29.2 Å². The van der Waals surface area contributed by atoms with Gasteiger partial charge in [-0.05, 0) is 13.0 Å². The number of aromatic nitrogens is 1. The fourth-order valence-corrected chi connectivity index (χ4v) is 3.82. The average molecular weight is 271 g/mol. The molecular weight excluding hydrogens is 262 g/mol. The van der Waals surface area contributed by atoms with Crippen molar-refractivity contribution in [3.05, 3.63) is 32.4 Å². The molecule has 2 heterocycles. The first kappa shape index (κ1) is 11.6. The molecule has 2 aromatic rings. The molecule has 0 amide bonds. The van der Waals surface area contributed by atoms with Gasteiger partial charge in [0.2, 0.25) is 0 Å². The van der Waals surface area contributed by atoms with Crippen molar-refractivity contribution < 1.29 is 9.90 Å². The maximum Gasteiger partial charge on any atom is 0.345 e. The van der Waals surface area contributed by atoms with E-state index in [-0.39, 0.29) is 0 Å². The predicted octanol–water partition coefficient (Wildman–Crippen LogP) is 3.50. The molecule has 0 aromatic carbocycles. The SMILES string of the molecule is Cc1ncc(CSc2csc(C(=O)O)c2)s1. The molecule has 16 heavy (non-hydrogen) atoms. The van der Waals surface area contributed by atoms with Crippen LogP contribution in [0, 0.1) is 6.92 Å². The van der Waals surface area contributed by atoms with Gasteiger partial charge in [0.25, 0.3) is 0 Å². The normalized spacial score (nSPS) is 10.6. The smallest absolute Gasteiger partial charge is 0.345 e. The molecule has 2 rings (SSSR count). The first-order chi connectivity index (χ1) is 7.65. The molecule has 0 spiro atoms. The molecule has 0 aliphatic carbocycles. The minimum absolute atomic E-state index is 0.392. The second kappa shape index (κ2) is 4.99. The van der Waals surface area contributed by atoms with Gasteiger partial charge in [-0.15, -0.1) is 34.4 Å². The van der Waals surface area contributed by atoms with Crippen molar-refractivity contribution in [3.8, 4) is 0 Å². The van der Waals surface area contributed by atoms with Crippen LogP contribution in [0.5, 0.6) is 0 Å². The zero-order chi connectivity index (χ0) is 11.5. The standard InChI is InChI=1S/C10H9NO2S3/c1-6-11-3-8(16-6)5-14-7-2-9(10(12)13)15-4-7/h2-4H,5H2,1H3,(H,12,13). The van der Waals surface area contributed by atoms with E-state index in [1.807, 2.05) is 18.5 Å². The van der Waals surface area contributed by atoms with Gasteiger partial charge >= 0.3 is 5.97 Å². The number of thioether (sulfide) groups is 1. The van der Waals surface area contributed by atoms with Crippen molar-refractivity contribution in [1.29, 1.82) is 0 Å². The number of thiophene rings is 1. The number of hydrogen-bond donors (Lipinski definition) is 1. The van der Waals surface area contributed by atoms with E-state index in [0.717, 1.165) is 15.7 Å². The lowest BCUT2D eigenvalue weighted by molar-refractivity contribution is 0.0702. The van der Waals surface area contributed by atoms with E-state index in [1.165, 1.54) is 16.2 Å². The summed E-state index contributed by atoms with van der Waals surface area (Å²) in [7, 11) is 0. The van der Waals surface area contributed by atoms with Crippen LogP contribution in [0.3, 0.4) is 0 Å². The molecule has 0 radical (unpaired) electrons. The minimum Gasteiger partial charge on any atom is -0.477 e.